The van der Waals surface area contributed by atoms with E-state index in [1.165, 1.54) is 0 Å². The summed E-state index contributed by atoms with van der Waals surface area (Å²) in [5, 5.41) is 0. The van der Waals surface area contributed by atoms with Crippen LogP contribution in [0.4, 0.5) is 22.0 Å². The lowest BCUT2D eigenvalue weighted by molar-refractivity contribution is -0.141. The van der Waals surface area contributed by atoms with Gasteiger partial charge in [-0.2, -0.15) is 13.2 Å². The summed E-state index contributed by atoms with van der Waals surface area (Å²) in [6, 6.07) is 0.468. The predicted molar refractivity (Wildman–Crippen MR) is 57.6 cm³/mol. The van der Waals surface area contributed by atoms with Crippen LogP contribution in [0.3, 0.4) is 0 Å². The zero-order valence-corrected chi connectivity index (χ0v) is 11.0. The molecule has 19 heavy (non-hydrogen) atoms. The lowest BCUT2D eigenvalue weighted by atomic mass is 10.1. The first kappa shape index (κ1) is 15.8. The molecule has 0 unspecified atom stereocenters. The molecule has 0 saturated carbocycles. The Kier molecular flexibility index (Phi) is 4.83. The van der Waals surface area contributed by atoms with Crippen LogP contribution >= 0.6 is 15.9 Å². The average molecular weight is 348 g/mol. The lowest BCUT2D eigenvalue weighted by Crippen LogP contribution is -2.14. The number of carbonyl (C=O) groups is 1. The van der Waals surface area contributed by atoms with Gasteiger partial charge in [0, 0.05) is 0 Å². The van der Waals surface area contributed by atoms with Crippen molar-refractivity contribution in [2.24, 2.45) is 0 Å². The largest absolute Gasteiger partial charge is 0.469 e. The Balaban J connectivity index is 3.34. The topological polar surface area (TPSA) is 39.2 Å². The van der Waals surface area contributed by atoms with Crippen LogP contribution in [0.5, 0.6) is 0 Å². The first-order chi connectivity index (χ1) is 8.66. The van der Waals surface area contributed by atoms with Crippen LogP contribution in [0.15, 0.2) is 10.7 Å². The quantitative estimate of drug-likeness (QED) is 0.477. The average Bonchev–Trinajstić information content (AvgIpc) is 2.29. The molecule has 3 nitrogen and oxygen atoms in total. The summed E-state index contributed by atoms with van der Waals surface area (Å²) in [5.41, 5.74) is -3.12. The molecule has 0 aliphatic carbocycles. The van der Waals surface area contributed by atoms with Gasteiger partial charge < -0.3 is 4.74 Å². The molecule has 0 saturated heterocycles. The van der Waals surface area contributed by atoms with Crippen LogP contribution < -0.4 is 0 Å². The van der Waals surface area contributed by atoms with Crippen molar-refractivity contribution in [2.75, 3.05) is 7.11 Å². The molecule has 106 valence electrons. The Bertz CT molecular complexity index is 490. The van der Waals surface area contributed by atoms with Crippen molar-refractivity contribution in [1.82, 2.24) is 4.98 Å². The molecule has 1 aromatic rings. The van der Waals surface area contributed by atoms with Gasteiger partial charge in [0.05, 0.1) is 19.1 Å². The highest BCUT2D eigenvalue weighted by Crippen LogP contribution is 2.37. The van der Waals surface area contributed by atoms with E-state index in [1.807, 2.05) is 0 Å². The first-order valence-corrected chi connectivity index (χ1v) is 5.57. The number of alkyl halides is 5. The second-order valence-electron chi connectivity index (χ2n) is 3.42. The summed E-state index contributed by atoms with van der Waals surface area (Å²) in [4.78, 5) is 14.2. The third-order valence-electron chi connectivity index (χ3n) is 2.15. The smallest absolute Gasteiger partial charge is 0.418 e. The number of hydrogen-bond donors (Lipinski definition) is 0. The number of nitrogens with zero attached hydrogens (tertiary/aromatic N) is 1. The van der Waals surface area contributed by atoms with Gasteiger partial charge in [0.2, 0.25) is 0 Å². The number of carbonyl (C=O) groups excluding carboxylic acids is 1. The summed E-state index contributed by atoms with van der Waals surface area (Å²) in [6.45, 7) is 0. The molecule has 1 heterocycles. The number of rotatable bonds is 3. The van der Waals surface area contributed by atoms with Gasteiger partial charge in [-0.3, -0.25) is 4.79 Å². The second kappa shape index (κ2) is 5.81. The highest BCUT2D eigenvalue weighted by atomic mass is 79.9. The molecule has 9 heteroatoms. The summed E-state index contributed by atoms with van der Waals surface area (Å²) in [5.74, 6) is -0.805. The maximum atomic E-state index is 12.6. The zero-order valence-electron chi connectivity index (χ0n) is 9.39. The standard InChI is InChI=1S/C10H7BrF5NO2/c1-19-6(18)3-4-2-5(10(14,15)16)7(9(12)13)17-8(4)11/h2,9H,3H2,1H3. The Morgan fingerprint density at radius 2 is 2.05 bits per heavy atom. The summed E-state index contributed by atoms with van der Waals surface area (Å²) in [6.07, 6.45) is -8.86. The van der Waals surface area contributed by atoms with E-state index in [1.54, 1.807) is 0 Å². The van der Waals surface area contributed by atoms with E-state index in [4.69, 9.17) is 0 Å². The molecular weight excluding hydrogens is 341 g/mol. The SMILES string of the molecule is COC(=O)Cc1cc(C(F)(F)F)c(C(F)F)nc1Br. The fraction of sp³-hybridized carbons (Fsp3) is 0.400. The van der Waals surface area contributed by atoms with Crippen molar-refractivity contribution in [3.05, 3.63) is 27.5 Å². The van der Waals surface area contributed by atoms with Gasteiger partial charge in [-0.15, -0.1) is 0 Å². The first-order valence-electron chi connectivity index (χ1n) is 4.78. The number of aromatic nitrogens is 1. The summed E-state index contributed by atoms with van der Waals surface area (Å²) < 4.78 is 67.0. The predicted octanol–water partition coefficient (Wildman–Crippen LogP) is 3.52. The van der Waals surface area contributed by atoms with Gasteiger partial charge in [0.1, 0.15) is 10.3 Å². The normalized spacial score (nSPS) is 11.8. The highest BCUT2D eigenvalue weighted by molar-refractivity contribution is 9.10. The molecule has 0 aliphatic rings. The van der Waals surface area contributed by atoms with Crippen molar-refractivity contribution in [3.8, 4) is 0 Å². The number of ether oxygens (including phenoxy) is 1. The van der Waals surface area contributed by atoms with Gasteiger partial charge in [-0.1, -0.05) is 0 Å². The van der Waals surface area contributed by atoms with Crippen molar-refractivity contribution >= 4 is 21.9 Å². The van der Waals surface area contributed by atoms with Crippen LogP contribution in [-0.2, 0) is 22.1 Å². The maximum Gasteiger partial charge on any atom is 0.418 e. The van der Waals surface area contributed by atoms with Crippen molar-refractivity contribution < 1.29 is 31.5 Å². The number of methoxy groups -OCH3 is 1. The van der Waals surface area contributed by atoms with Crippen molar-refractivity contribution in [2.45, 2.75) is 19.0 Å². The Morgan fingerprint density at radius 1 is 1.47 bits per heavy atom. The van der Waals surface area contributed by atoms with Crippen molar-refractivity contribution in [1.29, 1.82) is 0 Å². The van der Waals surface area contributed by atoms with E-state index < -0.39 is 36.2 Å². The molecule has 0 amide bonds. The molecule has 1 aromatic heterocycles. The van der Waals surface area contributed by atoms with Crippen LogP contribution in [0.25, 0.3) is 0 Å². The van der Waals surface area contributed by atoms with Gasteiger partial charge in [0.25, 0.3) is 6.43 Å². The van der Waals surface area contributed by atoms with E-state index in [0.717, 1.165) is 7.11 Å². The summed E-state index contributed by atoms with van der Waals surface area (Å²) in [7, 11) is 1.06. The molecule has 0 fully saturated rings. The van der Waals surface area contributed by atoms with E-state index >= 15 is 0 Å². The molecule has 0 spiro atoms. The molecule has 0 radical (unpaired) electrons. The number of hydrogen-bond acceptors (Lipinski definition) is 3. The lowest BCUT2D eigenvalue weighted by Gasteiger charge is -2.14. The maximum absolute atomic E-state index is 12.6. The second-order valence-corrected chi connectivity index (χ2v) is 4.17. The Labute approximate surface area is 112 Å². The molecule has 0 bridgehead atoms. The van der Waals surface area contributed by atoms with Crippen molar-refractivity contribution in [3.63, 3.8) is 0 Å². The minimum absolute atomic E-state index is 0.177. The molecule has 0 N–H and O–H groups in total. The fourth-order valence-corrected chi connectivity index (χ4v) is 1.74. The van der Waals surface area contributed by atoms with Gasteiger partial charge in [0.15, 0.2) is 0 Å². The molecule has 1 rings (SSSR count). The van der Waals surface area contributed by atoms with Crippen LogP contribution in [0.2, 0.25) is 0 Å². The number of pyridine rings is 1. The van der Waals surface area contributed by atoms with Gasteiger partial charge >= 0.3 is 12.1 Å². The highest BCUT2D eigenvalue weighted by Gasteiger charge is 2.37. The molecule has 0 atom stereocenters. The van der Waals surface area contributed by atoms with Crippen LogP contribution in [-0.4, -0.2) is 18.1 Å². The Morgan fingerprint density at radius 3 is 2.47 bits per heavy atom. The van der Waals surface area contributed by atoms with Crippen LogP contribution in [0.1, 0.15) is 23.2 Å². The van der Waals surface area contributed by atoms with E-state index in [9.17, 15) is 26.7 Å². The minimum Gasteiger partial charge on any atom is -0.469 e. The van der Waals surface area contributed by atoms with E-state index in [-0.39, 0.29) is 10.2 Å². The number of halogens is 6. The Hall–Kier alpha value is -1.25. The zero-order chi connectivity index (χ0) is 14.8. The monoisotopic (exact) mass is 347 g/mol. The van der Waals surface area contributed by atoms with E-state index in [2.05, 4.69) is 25.7 Å². The van der Waals surface area contributed by atoms with Gasteiger partial charge in [-0.05, 0) is 27.6 Å². The third-order valence-corrected chi connectivity index (χ3v) is 2.84. The molecule has 0 aliphatic heterocycles. The van der Waals surface area contributed by atoms with Gasteiger partial charge in [-0.25, -0.2) is 13.8 Å². The fourth-order valence-electron chi connectivity index (χ4n) is 1.29. The minimum atomic E-state index is -4.98. The van der Waals surface area contributed by atoms with E-state index in [0.29, 0.717) is 6.07 Å². The number of esters is 1. The third kappa shape index (κ3) is 3.85. The summed E-state index contributed by atoms with van der Waals surface area (Å²) >= 11 is 2.75. The molecule has 0 aromatic carbocycles. The van der Waals surface area contributed by atoms with Crippen LogP contribution in [0, 0.1) is 0 Å². The molecular formula is C10H7BrF5NO2.